The highest BCUT2D eigenvalue weighted by atomic mass is 19.2. The van der Waals surface area contributed by atoms with E-state index < -0.39 is 17.5 Å². The van der Waals surface area contributed by atoms with Crippen LogP contribution in [0.4, 0.5) is 8.78 Å². The maximum Gasteiger partial charge on any atom is 0.254 e. The lowest BCUT2D eigenvalue weighted by Crippen LogP contribution is -2.42. The van der Waals surface area contributed by atoms with Crippen LogP contribution in [0.3, 0.4) is 0 Å². The number of rotatable bonds is 3. The first kappa shape index (κ1) is 13.9. The van der Waals surface area contributed by atoms with E-state index in [0.717, 1.165) is 25.5 Å². The number of nitrogens with one attached hydrogen (secondary N) is 2. The maximum absolute atomic E-state index is 13.4. The third kappa shape index (κ3) is 3.50. The lowest BCUT2D eigenvalue weighted by atomic mass is 9.95. The van der Waals surface area contributed by atoms with Crippen molar-refractivity contribution >= 4 is 5.91 Å². The van der Waals surface area contributed by atoms with Crippen LogP contribution in [0.5, 0.6) is 0 Å². The van der Waals surface area contributed by atoms with Crippen LogP contribution in [0.1, 0.15) is 30.1 Å². The van der Waals surface area contributed by atoms with Crippen LogP contribution in [0.15, 0.2) is 18.2 Å². The van der Waals surface area contributed by atoms with E-state index in [4.69, 9.17) is 0 Å². The molecule has 19 heavy (non-hydrogen) atoms. The molecule has 0 aliphatic carbocycles. The smallest absolute Gasteiger partial charge is 0.254 e. The fraction of sp³-hybridized carbons (Fsp3) is 0.500. The molecule has 0 spiro atoms. The van der Waals surface area contributed by atoms with Crippen molar-refractivity contribution in [2.24, 2.45) is 5.92 Å². The van der Waals surface area contributed by atoms with Gasteiger partial charge < -0.3 is 10.6 Å². The molecule has 1 heterocycles. The molecule has 104 valence electrons. The highest BCUT2D eigenvalue weighted by Gasteiger charge is 2.20. The molecule has 1 aromatic rings. The van der Waals surface area contributed by atoms with Gasteiger partial charge in [-0.25, -0.2) is 8.78 Å². The summed E-state index contributed by atoms with van der Waals surface area (Å²) in [4.78, 5) is 11.8. The molecule has 1 aliphatic rings. The lowest BCUT2D eigenvalue weighted by Gasteiger charge is -2.27. The predicted molar refractivity (Wildman–Crippen MR) is 68.9 cm³/mol. The minimum absolute atomic E-state index is 0.239. The van der Waals surface area contributed by atoms with Crippen molar-refractivity contribution in [3.8, 4) is 0 Å². The second kappa shape index (κ2) is 6.10. The second-order valence-corrected chi connectivity index (χ2v) is 5.06. The zero-order valence-corrected chi connectivity index (χ0v) is 10.9. The molecule has 0 radical (unpaired) electrons. The molecular formula is C14H18F2N2O. The largest absolute Gasteiger partial charge is 0.352 e. The number of carbonyl (C=O) groups excluding carboxylic acids is 1. The van der Waals surface area contributed by atoms with Gasteiger partial charge in [-0.3, -0.25) is 4.79 Å². The zero-order chi connectivity index (χ0) is 13.8. The first-order chi connectivity index (χ1) is 9.08. The molecule has 1 amide bonds. The molecule has 2 atom stereocenters. The summed E-state index contributed by atoms with van der Waals surface area (Å²) in [5, 5.41) is 6.00. The average molecular weight is 268 g/mol. The normalized spacial score (nSPS) is 23.1. The summed E-state index contributed by atoms with van der Waals surface area (Å²) in [6, 6.07) is 4.12. The number of hydrogen-bond acceptors (Lipinski definition) is 2. The summed E-state index contributed by atoms with van der Waals surface area (Å²) in [6.07, 6.45) is 2.09. The van der Waals surface area contributed by atoms with Gasteiger partial charge in [0.25, 0.3) is 5.91 Å². The van der Waals surface area contributed by atoms with Gasteiger partial charge in [0.15, 0.2) is 11.6 Å². The van der Waals surface area contributed by atoms with Crippen LogP contribution in [0.25, 0.3) is 0 Å². The van der Waals surface area contributed by atoms with Crippen molar-refractivity contribution in [1.29, 1.82) is 0 Å². The minimum Gasteiger partial charge on any atom is -0.352 e. The van der Waals surface area contributed by atoms with Gasteiger partial charge in [0, 0.05) is 12.6 Å². The van der Waals surface area contributed by atoms with Crippen LogP contribution in [0, 0.1) is 17.6 Å². The molecule has 3 nitrogen and oxygen atoms in total. The van der Waals surface area contributed by atoms with E-state index in [1.807, 2.05) is 0 Å². The molecule has 2 rings (SSSR count). The number of piperidine rings is 1. The summed E-state index contributed by atoms with van der Waals surface area (Å²) in [7, 11) is 0. The average Bonchev–Trinajstić information content (AvgIpc) is 2.41. The van der Waals surface area contributed by atoms with Crippen LogP contribution in [0.2, 0.25) is 0 Å². The third-order valence-corrected chi connectivity index (χ3v) is 3.51. The summed E-state index contributed by atoms with van der Waals surface area (Å²) in [5.74, 6) is -2.30. The van der Waals surface area contributed by atoms with E-state index in [1.54, 1.807) is 0 Å². The molecule has 2 unspecified atom stereocenters. The Morgan fingerprint density at radius 2 is 2.21 bits per heavy atom. The van der Waals surface area contributed by atoms with Crippen molar-refractivity contribution in [3.63, 3.8) is 0 Å². The number of amides is 1. The van der Waals surface area contributed by atoms with Gasteiger partial charge in [0.05, 0.1) is 5.56 Å². The number of hydrogen-bond donors (Lipinski definition) is 2. The van der Waals surface area contributed by atoms with Crippen molar-refractivity contribution in [1.82, 2.24) is 10.6 Å². The standard InChI is InChI=1S/C14H18F2N2O/c1-9-5-6-10(7-17-9)8-18-14(19)11-3-2-4-12(15)13(11)16/h2-4,9-10,17H,5-8H2,1H3,(H,18,19). The van der Waals surface area contributed by atoms with E-state index in [9.17, 15) is 13.6 Å². The summed E-state index contributed by atoms with van der Waals surface area (Å²) in [6.45, 7) is 3.44. The molecule has 1 saturated heterocycles. The van der Waals surface area contributed by atoms with Crippen molar-refractivity contribution in [2.45, 2.75) is 25.8 Å². The number of halogens is 2. The van der Waals surface area contributed by atoms with Crippen LogP contribution in [-0.2, 0) is 0 Å². The van der Waals surface area contributed by atoms with Crippen molar-refractivity contribution in [3.05, 3.63) is 35.4 Å². The van der Waals surface area contributed by atoms with E-state index in [2.05, 4.69) is 17.6 Å². The lowest BCUT2D eigenvalue weighted by molar-refractivity contribution is 0.0938. The maximum atomic E-state index is 13.4. The van der Waals surface area contributed by atoms with Crippen molar-refractivity contribution in [2.75, 3.05) is 13.1 Å². The molecular weight excluding hydrogens is 250 g/mol. The number of benzene rings is 1. The Balaban J connectivity index is 1.89. The van der Waals surface area contributed by atoms with E-state index in [0.29, 0.717) is 18.5 Å². The van der Waals surface area contributed by atoms with Crippen molar-refractivity contribution < 1.29 is 13.6 Å². The molecule has 2 N–H and O–H groups in total. The summed E-state index contributed by atoms with van der Waals surface area (Å²) in [5.41, 5.74) is -0.239. The first-order valence-electron chi connectivity index (χ1n) is 6.53. The Hall–Kier alpha value is -1.49. The zero-order valence-electron chi connectivity index (χ0n) is 10.9. The first-order valence-corrected chi connectivity index (χ1v) is 6.53. The van der Waals surface area contributed by atoms with Gasteiger partial charge >= 0.3 is 0 Å². The summed E-state index contributed by atoms with van der Waals surface area (Å²) >= 11 is 0. The van der Waals surface area contributed by atoms with E-state index in [-0.39, 0.29) is 5.56 Å². The van der Waals surface area contributed by atoms with Gasteiger partial charge in [0.2, 0.25) is 0 Å². The minimum atomic E-state index is -1.09. The van der Waals surface area contributed by atoms with E-state index in [1.165, 1.54) is 12.1 Å². The highest BCUT2D eigenvalue weighted by Crippen LogP contribution is 2.14. The predicted octanol–water partition coefficient (Wildman–Crippen LogP) is 2.08. The SMILES string of the molecule is CC1CCC(CNC(=O)c2cccc(F)c2F)CN1. The molecule has 5 heteroatoms. The van der Waals surface area contributed by atoms with Gasteiger partial charge in [0.1, 0.15) is 0 Å². The van der Waals surface area contributed by atoms with E-state index >= 15 is 0 Å². The molecule has 1 fully saturated rings. The molecule has 1 aliphatic heterocycles. The second-order valence-electron chi connectivity index (χ2n) is 5.06. The fourth-order valence-corrected chi connectivity index (χ4v) is 2.24. The Kier molecular flexibility index (Phi) is 4.47. The Morgan fingerprint density at radius 3 is 2.89 bits per heavy atom. The molecule has 0 bridgehead atoms. The Labute approximate surface area is 111 Å². The third-order valence-electron chi connectivity index (χ3n) is 3.51. The van der Waals surface area contributed by atoms with Crippen LogP contribution in [-0.4, -0.2) is 25.0 Å². The van der Waals surface area contributed by atoms with Gasteiger partial charge in [-0.15, -0.1) is 0 Å². The Bertz CT molecular complexity index is 457. The topological polar surface area (TPSA) is 41.1 Å². The monoisotopic (exact) mass is 268 g/mol. The number of carbonyl (C=O) groups is 1. The van der Waals surface area contributed by atoms with Gasteiger partial charge in [-0.05, 0) is 44.4 Å². The van der Waals surface area contributed by atoms with Gasteiger partial charge in [-0.2, -0.15) is 0 Å². The quantitative estimate of drug-likeness (QED) is 0.881. The summed E-state index contributed by atoms with van der Waals surface area (Å²) < 4.78 is 26.4. The molecule has 1 aromatic carbocycles. The van der Waals surface area contributed by atoms with Crippen LogP contribution >= 0.6 is 0 Å². The highest BCUT2D eigenvalue weighted by molar-refractivity contribution is 5.94. The molecule has 0 aromatic heterocycles. The molecule has 0 saturated carbocycles. The fourth-order valence-electron chi connectivity index (χ4n) is 2.24. The van der Waals surface area contributed by atoms with Crippen LogP contribution < -0.4 is 10.6 Å². The van der Waals surface area contributed by atoms with Gasteiger partial charge in [-0.1, -0.05) is 6.07 Å². The Morgan fingerprint density at radius 1 is 1.42 bits per heavy atom.